The van der Waals surface area contributed by atoms with Crippen molar-refractivity contribution in [1.82, 2.24) is 0 Å². The van der Waals surface area contributed by atoms with Crippen LogP contribution in [0.3, 0.4) is 0 Å². The summed E-state index contributed by atoms with van der Waals surface area (Å²) in [7, 11) is 1.68. The third-order valence-electron chi connectivity index (χ3n) is 8.52. The molecule has 0 bridgehead atoms. The third kappa shape index (κ3) is 4.97. The second-order valence-corrected chi connectivity index (χ2v) is 11.9. The van der Waals surface area contributed by atoms with Crippen molar-refractivity contribution < 1.29 is 24.8 Å². The predicted octanol–water partition coefficient (Wildman–Crippen LogP) is 5.97. The maximum absolute atomic E-state index is 10.7. The quantitative estimate of drug-likeness (QED) is 0.453. The van der Waals surface area contributed by atoms with E-state index < -0.39 is 0 Å². The summed E-state index contributed by atoms with van der Waals surface area (Å²) in [5.41, 5.74) is 3.24. The van der Waals surface area contributed by atoms with Crippen LogP contribution in [0.2, 0.25) is 0 Å². The normalized spacial score (nSPS) is 25.0. The van der Waals surface area contributed by atoms with Gasteiger partial charge in [-0.15, -0.1) is 0 Å². The number of aliphatic hydroxyl groups is 1. The molecule has 0 radical (unpaired) electrons. The van der Waals surface area contributed by atoms with Crippen LogP contribution >= 0.6 is 0 Å². The van der Waals surface area contributed by atoms with E-state index in [1.54, 1.807) is 19.2 Å². The Bertz CT molecular complexity index is 1050. The number of methoxy groups -OCH3 is 1. The number of phenols is 2. The Morgan fingerprint density at radius 3 is 2.23 bits per heavy atom. The first-order valence-electron chi connectivity index (χ1n) is 13.0. The van der Waals surface area contributed by atoms with Crippen LogP contribution in [-0.4, -0.2) is 34.1 Å². The number of hydrogen-bond acceptors (Lipinski definition) is 5. The van der Waals surface area contributed by atoms with E-state index in [1.807, 2.05) is 6.07 Å². The van der Waals surface area contributed by atoms with E-state index >= 15 is 0 Å². The van der Waals surface area contributed by atoms with Gasteiger partial charge < -0.3 is 24.8 Å². The van der Waals surface area contributed by atoms with Gasteiger partial charge in [-0.25, -0.2) is 0 Å². The summed E-state index contributed by atoms with van der Waals surface area (Å²) in [6.45, 7) is 10.7. The van der Waals surface area contributed by atoms with E-state index in [4.69, 9.17) is 9.47 Å². The molecule has 1 aliphatic carbocycles. The number of aliphatic hydroxyl groups excluding tert-OH is 1. The molecule has 5 nitrogen and oxygen atoms in total. The van der Waals surface area contributed by atoms with Crippen molar-refractivity contribution in [2.75, 3.05) is 7.11 Å². The molecule has 1 aliphatic heterocycles. The van der Waals surface area contributed by atoms with Crippen LogP contribution in [0.4, 0.5) is 0 Å². The molecule has 2 aromatic carbocycles. The smallest absolute Gasteiger partial charge is 0.165 e. The molecule has 0 amide bonds. The van der Waals surface area contributed by atoms with Gasteiger partial charge in [-0.1, -0.05) is 33.8 Å². The van der Waals surface area contributed by atoms with Gasteiger partial charge in [0.25, 0.3) is 0 Å². The summed E-state index contributed by atoms with van der Waals surface area (Å²) in [6, 6.07) is 7.81. The molecule has 2 aliphatic rings. The highest BCUT2D eigenvalue weighted by atomic mass is 16.5. The first-order chi connectivity index (χ1) is 16.4. The van der Waals surface area contributed by atoms with Crippen molar-refractivity contribution in [3.8, 4) is 23.0 Å². The lowest BCUT2D eigenvalue weighted by atomic mass is 9.57. The van der Waals surface area contributed by atoms with Crippen LogP contribution in [0.1, 0.15) is 76.1 Å². The van der Waals surface area contributed by atoms with Crippen molar-refractivity contribution in [2.45, 2.75) is 91.3 Å². The second-order valence-electron chi connectivity index (χ2n) is 11.9. The Labute approximate surface area is 210 Å². The lowest BCUT2D eigenvalue weighted by Crippen LogP contribution is -2.58. The summed E-state index contributed by atoms with van der Waals surface area (Å²) < 4.78 is 12.4. The topological polar surface area (TPSA) is 79.2 Å². The van der Waals surface area contributed by atoms with Gasteiger partial charge in [0, 0.05) is 11.5 Å². The monoisotopic (exact) mass is 482 g/mol. The van der Waals surface area contributed by atoms with Crippen molar-refractivity contribution in [3.05, 3.63) is 46.5 Å². The Morgan fingerprint density at radius 2 is 1.63 bits per heavy atom. The fourth-order valence-electron chi connectivity index (χ4n) is 6.15. The van der Waals surface area contributed by atoms with E-state index in [0.29, 0.717) is 24.3 Å². The van der Waals surface area contributed by atoms with Gasteiger partial charge in [-0.3, -0.25) is 0 Å². The summed E-state index contributed by atoms with van der Waals surface area (Å²) >= 11 is 0. The second kappa shape index (κ2) is 9.57. The van der Waals surface area contributed by atoms with Crippen molar-refractivity contribution in [3.63, 3.8) is 0 Å². The summed E-state index contributed by atoms with van der Waals surface area (Å²) in [5, 5.41) is 31.7. The molecule has 1 fully saturated rings. The standard InChI is InChI=1S/C30H42O5/c1-18(2)7-10-22-23(31)14-20(15-24(22)32)9-8-19-13-21-17-26-29(3,4)27(33)11-12-30(26,5)35-28(21)25(16-19)34-6/h13-16,18,26-27,31-33H,7-12,17H2,1-6H3/t26-,27-,30-/m1/s1. The minimum Gasteiger partial charge on any atom is -0.508 e. The highest BCUT2D eigenvalue weighted by Crippen LogP contribution is 2.54. The highest BCUT2D eigenvalue weighted by molar-refractivity contribution is 5.52. The number of fused-ring (bicyclic) bond motifs is 2. The van der Waals surface area contributed by atoms with Gasteiger partial charge in [-0.2, -0.15) is 0 Å². The molecule has 0 spiro atoms. The van der Waals surface area contributed by atoms with Crippen LogP contribution in [0.15, 0.2) is 24.3 Å². The third-order valence-corrected chi connectivity index (χ3v) is 8.52. The fraction of sp³-hybridized carbons (Fsp3) is 0.600. The van der Waals surface area contributed by atoms with Gasteiger partial charge in [0.15, 0.2) is 11.5 Å². The average molecular weight is 483 g/mol. The Balaban J connectivity index is 1.56. The molecule has 0 saturated heterocycles. The van der Waals surface area contributed by atoms with E-state index in [1.165, 1.54) is 0 Å². The molecule has 0 unspecified atom stereocenters. The zero-order valence-electron chi connectivity index (χ0n) is 22.1. The molecule has 2 aromatic rings. The molecule has 4 rings (SSSR count). The molecule has 192 valence electrons. The first kappa shape index (κ1) is 25.7. The molecule has 5 heteroatoms. The van der Waals surface area contributed by atoms with E-state index in [-0.39, 0.29) is 34.5 Å². The number of rotatable bonds is 7. The van der Waals surface area contributed by atoms with E-state index in [9.17, 15) is 15.3 Å². The number of aryl methyl sites for hydroxylation is 2. The van der Waals surface area contributed by atoms with Crippen LogP contribution in [0.25, 0.3) is 0 Å². The molecule has 35 heavy (non-hydrogen) atoms. The Morgan fingerprint density at radius 1 is 1.00 bits per heavy atom. The molecule has 0 aromatic heterocycles. The Kier molecular flexibility index (Phi) is 7.02. The lowest BCUT2D eigenvalue weighted by molar-refractivity contribution is -0.138. The first-order valence-corrected chi connectivity index (χ1v) is 13.0. The Hall–Kier alpha value is -2.40. The summed E-state index contributed by atoms with van der Waals surface area (Å²) in [4.78, 5) is 0. The van der Waals surface area contributed by atoms with Gasteiger partial charge in [0.1, 0.15) is 17.1 Å². The maximum atomic E-state index is 10.7. The molecule has 1 saturated carbocycles. The summed E-state index contributed by atoms with van der Waals surface area (Å²) in [5.74, 6) is 2.64. The van der Waals surface area contributed by atoms with Gasteiger partial charge >= 0.3 is 0 Å². The van der Waals surface area contributed by atoms with Crippen LogP contribution in [-0.2, 0) is 25.7 Å². The fourth-order valence-corrected chi connectivity index (χ4v) is 6.15. The van der Waals surface area contributed by atoms with Crippen LogP contribution in [0, 0.1) is 17.3 Å². The largest absolute Gasteiger partial charge is 0.508 e. The maximum Gasteiger partial charge on any atom is 0.165 e. The SMILES string of the molecule is COc1cc(CCc2cc(O)c(CCC(C)C)c(O)c2)cc2c1O[C@]1(C)CC[C@@H](O)C(C)(C)[C@H]1C2. The number of phenolic OH excluding ortho intramolecular Hbond substituents is 2. The number of benzene rings is 2. The molecule has 3 atom stereocenters. The molecule has 1 heterocycles. The van der Waals surface area contributed by atoms with Crippen molar-refractivity contribution in [1.29, 1.82) is 0 Å². The highest BCUT2D eigenvalue weighted by Gasteiger charge is 2.54. The van der Waals surface area contributed by atoms with E-state index in [2.05, 4.69) is 40.7 Å². The lowest BCUT2D eigenvalue weighted by Gasteiger charge is -2.55. The zero-order chi connectivity index (χ0) is 25.5. The zero-order valence-corrected chi connectivity index (χ0v) is 22.1. The van der Waals surface area contributed by atoms with Crippen molar-refractivity contribution >= 4 is 0 Å². The van der Waals surface area contributed by atoms with Crippen LogP contribution in [0.5, 0.6) is 23.0 Å². The summed E-state index contributed by atoms with van der Waals surface area (Å²) in [6.07, 6.45) is 5.11. The average Bonchev–Trinajstić information content (AvgIpc) is 2.78. The van der Waals surface area contributed by atoms with Crippen LogP contribution < -0.4 is 9.47 Å². The molecular weight excluding hydrogens is 440 g/mol. The van der Waals surface area contributed by atoms with Gasteiger partial charge in [0.2, 0.25) is 0 Å². The molecular formula is C30H42O5. The van der Waals surface area contributed by atoms with Gasteiger partial charge in [0.05, 0.1) is 13.2 Å². The predicted molar refractivity (Wildman–Crippen MR) is 139 cm³/mol. The number of ether oxygens (including phenoxy) is 2. The molecule has 3 N–H and O–H groups in total. The minimum absolute atomic E-state index is 0.175. The van der Waals surface area contributed by atoms with Gasteiger partial charge in [-0.05, 0) is 98.1 Å². The number of hydrogen-bond donors (Lipinski definition) is 3. The minimum atomic E-state index is -0.334. The number of aromatic hydroxyl groups is 2. The van der Waals surface area contributed by atoms with E-state index in [0.717, 1.165) is 60.3 Å². The van der Waals surface area contributed by atoms with Crippen molar-refractivity contribution in [2.24, 2.45) is 17.3 Å².